The summed E-state index contributed by atoms with van der Waals surface area (Å²) in [4.78, 5) is 16.6. The Hall–Kier alpha value is -3.07. The average molecular weight is 383 g/mol. The number of benzene rings is 1. The molecule has 8 nitrogen and oxygen atoms in total. The minimum absolute atomic E-state index is 0.134. The monoisotopic (exact) mass is 383 g/mol. The number of hydrogen-bond acceptors (Lipinski definition) is 7. The number of carbonyl (C=O) groups excluding carboxylic acids is 1. The van der Waals surface area contributed by atoms with Crippen molar-refractivity contribution in [3.63, 3.8) is 0 Å². The van der Waals surface area contributed by atoms with E-state index in [1.807, 2.05) is 30.7 Å². The molecule has 1 amide bonds. The van der Waals surface area contributed by atoms with Crippen LogP contribution in [0.15, 0.2) is 47.9 Å². The fraction of sp³-hybridized carbons (Fsp3) is 0.222. The molecule has 0 unspecified atom stereocenters. The second-order valence-corrected chi connectivity index (χ2v) is 7.23. The molecule has 9 heteroatoms. The fourth-order valence-corrected chi connectivity index (χ4v) is 3.41. The summed E-state index contributed by atoms with van der Waals surface area (Å²) in [5, 5.41) is 11.6. The summed E-state index contributed by atoms with van der Waals surface area (Å²) in [6, 6.07) is 9.07. The number of fused-ring (bicyclic) bond motifs is 1. The van der Waals surface area contributed by atoms with E-state index in [9.17, 15) is 4.79 Å². The van der Waals surface area contributed by atoms with Gasteiger partial charge < -0.3 is 19.4 Å². The maximum atomic E-state index is 12.5. The third-order valence-electron chi connectivity index (χ3n) is 4.05. The van der Waals surface area contributed by atoms with Crippen LogP contribution in [0.3, 0.4) is 0 Å². The van der Waals surface area contributed by atoms with Gasteiger partial charge in [0.25, 0.3) is 0 Å². The number of amides is 1. The molecule has 138 valence electrons. The van der Waals surface area contributed by atoms with E-state index in [4.69, 9.17) is 9.47 Å². The van der Waals surface area contributed by atoms with Gasteiger partial charge in [0.1, 0.15) is 0 Å². The number of ether oxygens (including phenoxy) is 2. The van der Waals surface area contributed by atoms with Crippen LogP contribution in [0.1, 0.15) is 6.92 Å². The summed E-state index contributed by atoms with van der Waals surface area (Å²) in [6.45, 7) is 2.02. The lowest BCUT2D eigenvalue weighted by Gasteiger charge is -2.12. The molecule has 0 fully saturated rings. The molecule has 1 N–H and O–H groups in total. The molecule has 3 heterocycles. The topological polar surface area (TPSA) is 91.2 Å². The number of rotatable bonds is 5. The zero-order chi connectivity index (χ0) is 18.8. The molecule has 0 bridgehead atoms. The SMILES string of the molecule is C[C@H](Sc1nnc(-c2cccnc2)n1C)C(=O)Nc1ccc2c(c1)OCO2. The Morgan fingerprint density at radius 2 is 2.11 bits per heavy atom. The Bertz CT molecular complexity index is 976. The summed E-state index contributed by atoms with van der Waals surface area (Å²) in [7, 11) is 1.87. The minimum Gasteiger partial charge on any atom is -0.454 e. The van der Waals surface area contributed by atoms with Crippen molar-refractivity contribution in [3.05, 3.63) is 42.7 Å². The smallest absolute Gasteiger partial charge is 0.237 e. The Labute approximate surface area is 159 Å². The predicted octanol–water partition coefficient (Wildman–Crippen LogP) is 2.73. The largest absolute Gasteiger partial charge is 0.454 e. The van der Waals surface area contributed by atoms with Crippen molar-refractivity contribution in [2.75, 3.05) is 12.1 Å². The minimum atomic E-state index is -0.361. The van der Waals surface area contributed by atoms with Crippen molar-refractivity contribution < 1.29 is 14.3 Å². The van der Waals surface area contributed by atoms with E-state index >= 15 is 0 Å². The van der Waals surface area contributed by atoms with E-state index in [1.54, 1.807) is 30.6 Å². The summed E-state index contributed by atoms with van der Waals surface area (Å²) < 4.78 is 12.5. The van der Waals surface area contributed by atoms with Crippen LogP contribution in [0.2, 0.25) is 0 Å². The Morgan fingerprint density at radius 3 is 2.93 bits per heavy atom. The number of nitrogens with one attached hydrogen (secondary N) is 1. The van der Waals surface area contributed by atoms with E-state index < -0.39 is 0 Å². The van der Waals surface area contributed by atoms with Crippen molar-refractivity contribution in [2.24, 2.45) is 7.05 Å². The van der Waals surface area contributed by atoms with Crippen molar-refractivity contribution in [1.82, 2.24) is 19.7 Å². The second-order valence-electron chi connectivity index (χ2n) is 5.92. The quantitative estimate of drug-likeness (QED) is 0.677. The number of hydrogen-bond donors (Lipinski definition) is 1. The first-order valence-electron chi connectivity index (χ1n) is 8.29. The van der Waals surface area contributed by atoms with Gasteiger partial charge >= 0.3 is 0 Å². The first-order valence-corrected chi connectivity index (χ1v) is 9.17. The van der Waals surface area contributed by atoms with Gasteiger partial charge in [-0.15, -0.1) is 10.2 Å². The van der Waals surface area contributed by atoms with E-state index in [0.717, 1.165) is 5.56 Å². The molecule has 0 saturated carbocycles. The van der Waals surface area contributed by atoms with Crippen LogP contribution in [0.25, 0.3) is 11.4 Å². The van der Waals surface area contributed by atoms with Crippen LogP contribution in [0.5, 0.6) is 11.5 Å². The Morgan fingerprint density at radius 1 is 1.26 bits per heavy atom. The van der Waals surface area contributed by atoms with E-state index in [1.165, 1.54) is 11.8 Å². The third kappa shape index (κ3) is 3.59. The van der Waals surface area contributed by atoms with E-state index in [0.29, 0.717) is 28.2 Å². The summed E-state index contributed by atoms with van der Waals surface area (Å²) in [5.74, 6) is 1.87. The number of nitrogens with zero attached hydrogens (tertiary/aromatic N) is 4. The van der Waals surface area contributed by atoms with Crippen LogP contribution >= 0.6 is 11.8 Å². The van der Waals surface area contributed by atoms with Gasteiger partial charge in [-0.1, -0.05) is 11.8 Å². The highest BCUT2D eigenvalue weighted by Crippen LogP contribution is 2.34. The molecule has 1 aromatic carbocycles. The van der Waals surface area contributed by atoms with Crippen LogP contribution < -0.4 is 14.8 Å². The molecular formula is C18H17N5O3S. The summed E-state index contributed by atoms with van der Waals surface area (Å²) in [6.07, 6.45) is 3.44. The molecule has 0 radical (unpaired) electrons. The van der Waals surface area contributed by atoms with Crippen LogP contribution in [0, 0.1) is 0 Å². The Kier molecular flexibility index (Phi) is 4.68. The van der Waals surface area contributed by atoms with Crippen LogP contribution in [0.4, 0.5) is 5.69 Å². The fourth-order valence-electron chi connectivity index (χ4n) is 2.59. The van der Waals surface area contributed by atoms with Crippen LogP contribution in [-0.4, -0.2) is 37.7 Å². The van der Waals surface area contributed by atoms with Gasteiger partial charge in [-0.3, -0.25) is 9.78 Å². The zero-order valence-corrected chi connectivity index (χ0v) is 15.6. The maximum Gasteiger partial charge on any atom is 0.237 e. The second kappa shape index (κ2) is 7.28. The lowest BCUT2D eigenvalue weighted by molar-refractivity contribution is -0.115. The lowest BCUT2D eigenvalue weighted by Crippen LogP contribution is -2.22. The molecule has 1 atom stereocenters. The normalized spacial score (nSPS) is 13.4. The van der Waals surface area contributed by atoms with Gasteiger partial charge in [0.2, 0.25) is 12.7 Å². The van der Waals surface area contributed by atoms with Gasteiger partial charge in [-0.2, -0.15) is 0 Å². The molecule has 1 aliphatic heterocycles. The van der Waals surface area contributed by atoms with Crippen molar-refractivity contribution in [3.8, 4) is 22.9 Å². The summed E-state index contributed by atoms with van der Waals surface area (Å²) >= 11 is 1.34. The van der Waals surface area contributed by atoms with Gasteiger partial charge in [-0.25, -0.2) is 0 Å². The molecule has 3 aromatic rings. The molecule has 27 heavy (non-hydrogen) atoms. The standard InChI is InChI=1S/C18H17N5O3S/c1-11(17(24)20-13-5-6-14-15(8-13)26-10-25-14)27-18-22-21-16(23(18)2)12-4-3-7-19-9-12/h3-9,11H,10H2,1-2H3,(H,20,24)/t11-/m0/s1. The van der Waals surface area contributed by atoms with Crippen molar-refractivity contribution in [1.29, 1.82) is 0 Å². The highest BCUT2D eigenvalue weighted by atomic mass is 32.2. The molecule has 4 rings (SSSR count). The highest BCUT2D eigenvalue weighted by molar-refractivity contribution is 8.00. The number of pyridine rings is 1. The predicted molar refractivity (Wildman–Crippen MR) is 101 cm³/mol. The lowest BCUT2D eigenvalue weighted by atomic mass is 10.2. The molecule has 0 saturated heterocycles. The molecule has 0 aliphatic carbocycles. The zero-order valence-electron chi connectivity index (χ0n) is 14.7. The number of carbonyl (C=O) groups is 1. The van der Waals surface area contributed by atoms with Crippen LogP contribution in [-0.2, 0) is 11.8 Å². The summed E-state index contributed by atoms with van der Waals surface area (Å²) in [5.41, 5.74) is 1.53. The maximum absolute atomic E-state index is 12.5. The molecule has 1 aliphatic rings. The molecule has 0 spiro atoms. The number of aromatic nitrogens is 4. The number of thioether (sulfide) groups is 1. The average Bonchev–Trinajstić information content (AvgIpc) is 3.29. The van der Waals surface area contributed by atoms with Gasteiger partial charge in [-0.05, 0) is 31.2 Å². The van der Waals surface area contributed by atoms with E-state index in [-0.39, 0.29) is 18.0 Å². The molecular weight excluding hydrogens is 366 g/mol. The first kappa shape index (κ1) is 17.3. The van der Waals surface area contributed by atoms with Gasteiger partial charge in [0.15, 0.2) is 22.5 Å². The van der Waals surface area contributed by atoms with Gasteiger partial charge in [0, 0.05) is 36.8 Å². The first-order chi connectivity index (χ1) is 13.1. The van der Waals surface area contributed by atoms with E-state index in [2.05, 4.69) is 20.5 Å². The Balaban J connectivity index is 1.44. The highest BCUT2D eigenvalue weighted by Gasteiger charge is 2.21. The third-order valence-corrected chi connectivity index (χ3v) is 5.18. The molecule has 2 aromatic heterocycles. The van der Waals surface area contributed by atoms with Gasteiger partial charge in [0.05, 0.1) is 5.25 Å². The number of anilines is 1. The van der Waals surface area contributed by atoms with Crippen molar-refractivity contribution >= 4 is 23.4 Å². The van der Waals surface area contributed by atoms with Crippen molar-refractivity contribution in [2.45, 2.75) is 17.3 Å².